The minimum atomic E-state index is 0.722. The Bertz CT molecular complexity index is 420. The predicted octanol–water partition coefficient (Wildman–Crippen LogP) is 1.86. The summed E-state index contributed by atoms with van der Waals surface area (Å²) in [7, 11) is 1.89. The SMILES string of the molecule is CNCc1onc2cc(C)ccc12. The maximum Gasteiger partial charge on any atom is 0.158 e. The number of benzene rings is 1. The molecule has 1 aromatic carbocycles. The summed E-state index contributed by atoms with van der Waals surface area (Å²) in [6.45, 7) is 2.77. The van der Waals surface area contributed by atoms with Gasteiger partial charge in [-0.25, -0.2) is 0 Å². The smallest absolute Gasteiger partial charge is 0.158 e. The molecule has 0 bridgehead atoms. The van der Waals surface area contributed by atoms with E-state index in [0.29, 0.717) is 0 Å². The van der Waals surface area contributed by atoms with Crippen LogP contribution in [-0.4, -0.2) is 12.2 Å². The van der Waals surface area contributed by atoms with Crippen LogP contribution < -0.4 is 5.32 Å². The first kappa shape index (κ1) is 8.26. The van der Waals surface area contributed by atoms with E-state index in [4.69, 9.17) is 4.52 Å². The Kier molecular flexibility index (Phi) is 2.02. The summed E-state index contributed by atoms with van der Waals surface area (Å²) in [4.78, 5) is 0. The molecule has 1 N–H and O–H groups in total. The van der Waals surface area contributed by atoms with E-state index in [9.17, 15) is 0 Å². The molecule has 0 aliphatic carbocycles. The molecule has 0 unspecified atom stereocenters. The molecule has 68 valence electrons. The molecule has 3 nitrogen and oxygen atoms in total. The summed E-state index contributed by atoms with van der Waals surface area (Å²) in [6.07, 6.45) is 0. The van der Waals surface area contributed by atoms with Crippen LogP contribution in [0.1, 0.15) is 11.3 Å². The van der Waals surface area contributed by atoms with Crippen LogP contribution in [-0.2, 0) is 6.54 Å². The van der Waals surface area contributed by atoms with Gasteiger partial charge in [0.1, 0.15) is 5.52 Å². The van der Waals surface area contributed by atoms with Gasteiger partial charge in [-0.05, 0) is 31.7 Å². The van der Waals surface area contributed by atoms with Crippen molar-refractivity contribution >= 4 is 10.9 Å². The van der Waals surface area contributed by atoms with Crippen LogP contribution in [0.3, 0.4) is 0 Å². The average molecular weight is 176 g/mol. The Balaban J connectivity index is 2.55. The molecular weight excluding hydrogens is 164 g/mol. The third-order valence-corrected chi connectivity index (χ3v) is 2.05. The number of fused-ring (bicyclic) bond motifs is 1. The van der Waals surface area contributed by atoms with Gasteiger partial charge in [0.25, 0.3) is 0 Å². The van der Waals surface area contributed by atoms with Crippen LogP contribution in [0.4, 0.5) is 0 Å². The average Bonchev–Trinajstić information content (AvgIpc) is 2.49. The van der Waals surface area contributed by atoms with Gasteiger partial charge in [0, 0.05) is 5.39 Å². The number of nitrogens with one attached hydrogen (secondary N) is 1. The minimum Gasteiger partial charge on any atom is -0.359 e. The molecule has 1 aromatic heterocycles. The van der Waals surface area contributed by atoms with Crippen molar-refractivity contribution < 1.29 is 4.52 Å². The zero-order chi connectivity index (χ0) is 9.26. The van der Waals surface area contributed by atoms with E-state index in [1.165, 1.54) is 5.56 Å². The van der Waals surface area contributed by atoms with Crippen molar-refractivity contribution in [2.24, 2.45) is 0 Å². The van der Waals surface area contributed by atoms with Crippen LogP contribution in [0.15, 0.2) is 22.7 Å². The summed E-state index contributed by atoms with van der Waals surface area (Å²) in [5.41, 5.74) is 2.14. The van der Waals surface area contributed by atoms with E-state index < -0.39 is 0 Å². The van der Waals surface area contributed by atoms with Crippen LogP contribution in [0.25, 0.3) is 10.9 Å². The van der Waals surface area contributed by atoms with Gasteiger partial charge in [-0.3, -0.25) is 0 Å². The maximum atomic E-state index is 5.20. The highest BCUT2D eigenvalue weighted by atomic mass is 16.5. The van der Waals surface area contributed by atoms with Crippen molar-refractivity contribution in [2.45, 2.75) is 13.5 Å². The molecule has 0 atom stereocenters. The number of hydrogen-bond acceptors (Lipinski definition) is 3. The molecule has 2 rings (SSSR count). The van der Waals surface area contributed by atoms with Gasteiger partial charge in [-0.2, -0.15) is 0 Å². The monoisotopic (exact) mass is 176 g/mol. The first-order valence-corrected chi connectivity index (χ1v) is 4.31. The van der Waals surface area contributed by atoms with Crippen molar-refractivity contribution in [3.8, 4) is 0 Å². The molecule has 2 aromatic rings. The predicted molar refractivity (Wildman–Crippen MR) is 51.5 cm³/mol. The van der Waals surface area contributed by atoms with Crippen molar-refractivity contribution in [3.63, 3.8) is 0 Å². The molecule has 0 amide bonds. The number of rotatable bonds is 2. The molecule has 0 saturated carbocycles. The third-order valence-electron chi connectivity index (χ3n) is 2.05. The molecule has 0 fully saturated rings. The highest BCUT2D eigenvalue weighted by Crippen LogP contribution is 2.18. The second-order valence-corrected chi connectivity index (χ2v) is 3.16. The van der Waals surface area contributed by atoms with Gasteiger partial charge >= 0.3 is 0 Å². The topological polar surface area (TPSA) is 38.1 Å². The van der Waals surface area contributed by atoms with Crippen molar-refractivity contribution in [2.75, 3.05) is 7.05 Å². The largest absolute Gasteiger partial charge is 0.359 e. The summed E-state index contributed by atoms with van der Waals surface area (Å²) < 4.78 is 5.20. The fourth-order valence-electron chi connectivity index (χ4n) is 1.39. The molecule has 0 radical (unpaired) electrons. The van der Waals surface area contributed by atoms with Gasteiger partial charge in [0.2, 0.25) is 0 Å². The van der Waals surface area contributed by atoms with Gasteiger partial charge in [-0.15, -0.1) is 0 Å². The van der Waals surface area contributed by atoms with Crippen molar-refractivity contribution in [3.05, 3.63) is 29.5 Å². The van der Waals surface area contributed by atoms with Gasteiger partial charge < -0.3 is 9.84 Å². The summed E-state index contributed by atoms with van der Waals surface area (Å²) >= 11 is 0. The maximum absolute atomic E-state index is 5.20. The quantitative estimate of drug-likeness (QED) is 0.758. The molecule has 13 heavy (non-hydrogen) atoms. The Labute approximate surface area is 76.7 Å². The van der Waals surface area contributed by atoms with Crippen LogP contribution in [0.5, 0.6) is 0 Å². The molecule has 3 heteroatoms. The Hall–Kier alpha value is -1.35. The highest BCUT2D eigenvalue weighted by Gasteiger charge is 2.06. The van der Waals surface area contributed by atoms with Gasteiger partial charge in [-0.1, -0.05) is 11.2 Å². The molecule has 1 heterocycles. The lowest BCUT2D eigenvalue weighted by Gasteiger charge is -1.93. The number of hydrogen-bond donors (Lipinski definition) is 1. The molecule has 0 aliphatic rings. The number of aromatic nitrogens is 1. The molecule has 0 aliphatic heterocycles. The second kappa shape index (κ2) is 3.18. The lowest BCUT2D eigenvalue weighted by Crippen LogP contribution is -2.03. The van der Waals surface area contributed by atoms with Gasteiger partial charge in [0.05, 0.1) is 6.54 Å². The zero-order valence-electron chi connectivity index (χ0n) is 7.79. The van der Waals surface area contributed by atoms with Crippen molar-refractivity contribution in [1.29, 1.82) is 0 Å². The van der Waals surface area contributed by atoms with Gasteiger partial charge in [0.15, 0.2) is 5.76 Å². The molecular formula is C10H12N2O. The lowest BCUT2D eigenvalue weighted by atomic mass is 10.1. The van der Waals surface area contributed by atoms with Crippen LogP contribution in [0, 0.1) is 6.92 Å². The van der Waals surface area contributed by atoms with E-state index in [2.05, 4.69) is 16.5 Å². The summed E-state index contributed by atoms with van der Waals surface area (Å²) in [6, 6.07) is 6.14. The summed E-state index contributed by atoms with van der Waals surface area (Å²) in [5.74, 6) is 0.900. The Morgan fingerprint density at radius 3 is 3.08 bits per heavy atom. The fourth-order valence-corrected chi connectivity index (χ4v) is 1.39. The first-order chi connectivity index (χ1) is 6.31. The van der Waals surface area contributed by atoms with E-state index in [1.807, 2.05) is 26.1 Å². The second-order valence-electron chi connectivity index (χ2n) is 3.16. The third kappa shape index (κ3) is 1.42. The fraction of sp³-hybridized carbons (Fsp3) is 0.300. The standard InChI is InChI=1S/C10H12N2O/c1-7-3-4-8-9(5-7)12-13-10(8)6-11-2/h3-5,11H,6H2,1-2H3. The minimum absolute atomic E-state index is 0.722. The number of nitrogens with zero attached hydrogens (tertiary/aromatic N) is 1. The van der Waals surface area contributed by atoms with Crippen molar-refractivity contribution in [1.82, 2.24) is 10.5 Å². The first-order valence-electron chi connectivity index (χ1n) is 4.31. The van der Waals surface area contributed by atoms with E-state index in [1.54, 1.807) is 0 Å². The van der Waals surface area contributed by atoms with Crippen LogP contribution in [0.2, 0.25) is 0 Å². The van der Waals surface area contributed by atoms with E-state index in [-0.39, 0.29) is 0 Å². The lowest BCUT2D eigenvalue weighted by molar-refractivity contribution is 0.385. The van der Waals surface area contributed by atoms with E-state index in [0.717, 1.165) is 23.2 Å². The molecule has 0 spiro atoms. The highest BCUT2D eigenvalue weighted by molar-refractivity contribution is 5.80. The Morgan fingerprint density at radius 2 is 2.31 bits per heavy atom. The molecule has 0 saturated heterocycles. The van der Waals surface area contributed by atoms with Crippen LogP contribution >= 0.6 is 0 Å². The number of aryl methyl sites for hydroxylation is 1. The summed E-state index contributed by atoms with van der Waals surface area (Å²) in [5, 5.41) is 8.12. The Morgan fingerprint density at radius 1 is 1.46 bits per heavy atom. The normalized spacial score (nSPS) is 10.9. The zero-order valence-corrected chi connectivity index (χ0v) is 7.79. The van der Waals surface area contributed by atoms with E-state index >= 15 is 0 Å².